The molecule has 0 aromatic heterocycles. The zero-order valence-electron chi connectivity index (χ0n) is 11.7. The highest BCUT2D eigenvalue weighted by Crippen LogP contribution is 2.30. The van der Waals surface area contributed by atoms with Crippen LogP contribution >= 0.6 is 0 Å². The fraction of sp³-hybridized carbons (Fsp3) is 0.533. The number of hydrogen-bond donors (Lipinski definition) is 2. The third kappa shape index (κ3) is 3.16. The van der Waals surface area contributed by atoms with Crippen molar-refractivity contribution in [1.29, 1.82) is 0 Å². The molecule has 20 heavy (non-hydrogen) atoms. The number of hydrogen-bond acceptors (Lipinski definition) is 3. The van der Waals surface area contributed by atoms with Crippen LogP contribution in [0.5, 0.6) is 0 Å². The zero-order chi connectivity index (χ0) is 14.6. The van der Waals surface area contributed by atoms with Crippen LogP contribution in [0.2, 0.25) is 0 Å². The minimum absolute atomic E-state index is 0.0694. The largest absolute Gasteiger partial charge is 0.381 e. The second-order valence-corrected chi connectivity index (χ2v) is 5.35. The second-order valence-electron chi connectivity index (χ2n) is 5.35. The van der Waals surface area contributed by atoms with Crippen LogP contribution in [0.3, 0.4) is 0 Å². The highest BCUT2D eigenvalue weighted by atomic mass is 19.1. The standard InChI is InChI=1S/C15H21FN2O2/c1-11(12-3-2-4-13(16)9-12)18-14(19)15(10-17)5-7-20-8-6-15/h2-4,9,11H,5-8,10,17H2,1H3,(H,18,19)/t11-/m0/s1. The van der Waals surface area contributed by atoms with Gasteiger partial charge >= 0.3 is 0 Å². The molecule has 0 bridgehead atoms. The molecule has 5 heteroatoms. The first kappa shape index (κ1) is 14.9. The molecule has 4 nitrogen and oxygen atoms in total. The Kier molecular flexibility index (Phi) is 4.73. The van der Waals surface area contributed by atoms with E-state index in [0.29, 0.717) is 32.6 Å². The molecule has 1 saturated heterocycles. The minimum Gasteiger partial charge on any atom is -0.381 e. The summed E-state index contributed by atoms with van der Waals surface area (Å²) in [6.45, 7) is 3.26. The molecule has 1 heterocycles. The molecule has 1 aromatic rings. The van der Waals surface area contributed by atoms with E-state index in [1.54, 1.807) is 12.1 Å². The summed E-state index contributed by atoms with van der Waals surface area (Å²) in [5.41, 5.74) is 5.99. The molecular formula is C15H21FN2O2. The number of benzene rings is 1. The molecule has 1 fully saturated rings. The van der Waals surface area contributed by atoms with Crippen molar-refractivity contribution < 1.29 is 13.9 Å². The molecule has 0 spiro atoms. The lowest BCUT2D eigenvalue weighted by Crippen LogP contribution is -2.49. The molecule has 110 valence electrons. The van der Waals surface area contributed by atoms with Gasteiger partial charge in [0.15, 0.2) is 0 Å². The molecule has 2 rings (SSSR count). The molecule has 0 radical (unpaired) electrons. The number of carbonyl (C=O) groups is 1. The van der Waals surface area contributed by atoms with Crippen LogP contribution in [0.4, 0.5) is 4.39 Å². The molecule has 0 aliphatic carbocycles. The number of nitrogens with two attached hydrogens (primary N) is 1. The Hall–Kier alpha value is -1.46. The Balaban J connectivity index is 2.06. The van der Waals surface area contributed by atoms with Gasteiger partial charge in [0, 0.05) is 19.8 Å². The summed E-state index contributed by atoms with van der Waals surface area (Å²) in [6.07, 6.45) is 1.26. The maximum Gasteiger partial charge on any atom is 0.228 e. The number of carbonyl (C=O) groups excluding carboxylic acids is 1. The monoisotopic (exact) mass is 280 g/mol. The van der Waals surface area contributed by atoms with Crippen molar-refractivity contribution in [3.8, 4) is 0 Å². The first-order valence-electron chi connectivity index (χ1n) is 6.92. The quantitative estimate of drug-likeness (QED) is 0.883. The van der Waals surface area contributed by atoms with E-state index in [4.69, 9.17) is 10.5 Å². The fourth-order valence-electron chi connectivity index (χ4n) is 2.50. The smallest absolute Gasteiger partial charge is 0.228 e. The van der Waals surface area contributed by atoms with E-state index in [0.717, 1.165) is 5.56 Å². The highest BCUT2D eigenvalue weighted by molar-refractivity contribution is 5.83. The lowest BCUT2D eigenvalue weighted by molar-refractivity contribution is -0.136. The summed E-state index contributed by atoms with van der Waals surface area (Å²) in [6, 6.07) is 6.01. The van der Waals surface area contributed by atoms with Crippen LogP contribution in [0.1, 0.15) is 31.4 Å². The van der Waals surface area contributed by atoms with Crippen molar-refractivity contribution in [3.05, 3.63) is 35.6 Å². The van der Waals surface area contributed by atoms with Crippen LogP contribution in [-0.4, -0.2) is 25.7 Å². The summed E-state index contributed by atoms with van der Waals surface area (Å²) in [5, 5.41) is 2.94. The summed E-state index contributed by atoms with van der Waals surface area (Å²) in [5.74, 6) is -0.372. The molecule has 1 atom stereocenters. The van der Waals surface area contributed by atoms with Crippen molar-refractivity contribution in [2.24, 2.45) is 11.1 Å². The topological polar surface area (TPSA) is 64.4 Å². The summed E-state index contributed by atoms with van der Waals surface area (Å²) < 4.78 is 18.5. The summed E-state index contributed by atoms with van der Waals surface area (Å²) >= 11 is 0. The molecular weight excluding hydrogens is 259 g/mol. The molecule has 3 N–H and O–H groups in total. The van der Waals surface area contributed by atoms with Gasteiger partial charge in [0.1, 0.15) is 5.82 Å². The molecule has 0 unspecified atom stereocenters. The molecule has 0 saturated carbocycles. The van der Waals surface area contributed by atoms with Crippen molar-refractivity contribution in [3.63, 3.8) is 0 Å². The van der Waals surface area contributed by atoms with Gasteiger partial charge in [-0.25, -0.2) is 4.39 Å². The van der Waals surface area contributed by atoms with Crippen LogP contribution in [0.15, 0.2) is 24.3 Å². The maximum atomic E-state index is 13.2. The summed E-state index contributed by atoms with van der Waals surface area (Å²) in [7, 11) is 0. The maximum absolute atomic E-state index is 13.2. The normalized spacial score (nSPS) is 19.4. The van der Waals surface area contributed by atoms with Gasteiger partial charge in [0.05, 0.1) is 11.5 Å². The third-order valence-corrected chi connectivity index (χ3v) is 4.02. The Morgan fingerprint density at radius 3 is 2.80 bits per heavy atom. The average Bonchev–Trinajstić information content (AvgIpc) is 2.47. The zero-order valence-corrected chi connectivity index (χ0v) is 11.7. The lowest BCUT2D eigenvalue weighted by atomic mass is 9.79. The number of halogens is 1. The molecule has 1 amide bonds. The van der Waals surface area contributed by atoms with Gasteiger partial charge in [-0.2, -0.15) is 0 Å². The first-order chi connectivity index (χ1) is 9.57. The minimum atomic E-state index is -0.556. The first-order valence-corrected chi connectivity index (χ1v) is 6.92. The van der Waals surface area contributed by atoms with E-state index in [2.05, 4.69) is 5.32 Å². The lowest BCUT2D eigenvalue weighted by Gasteiger charge is -2.35. The van der Waals surface area contributed by atoms with Crippen molar-refractivity contribution in [1.82, 2.24) is 5.32 Å². The van der Waals surface area contributed by atoms with E-state index in [1.165, 1.54) is 12.1 Å². The Labute approximate surface area is 118 Å². The van der Waals surface area contributed by atoms with Gasteiger partial charge in [-0.3, -0.25) is 4.79 Å². The van der Waals surface area contributed by atoms with Gasteiger partial charge in [0.25, 0.3) is 0 Å². The second kappa shape index (κ2) is 6.33. The van der Waals surface area contributed by atoms with E-state index in [-0.39, 0.29) is 17.8 Å². The fourth-order valence-corrected chi connectivity index (χ4v) is 2.50. The van der Waals surface area contributed by atoms with Crippen molar-refractivity contribution >= 4 is 5.91 Å². The molecule has 1 aliphatic heterocycles. The van der Waals surface area contributed by atoms with Gasteiger partial charge in [0.2, 0.25) is 5.91 Å². The van der Waals surface area contributed by atoms with E-state index < -0.39 is 5.41 Å². The van der Waals surface area contributed by atoms with E-state index in [1.807, 2.05) is 6.92 Å². The number of rotatable bonds is 4. The molecule has 1 aliphatic rings. The Bertz CT molecular complexity index is 473. The average molecular weight is 280 g/mol. The van der Waals surface area contributed by atoms with Crippen LogP contribution < -0.4 is 11.1 Å². The predicted molar refractivity (Wildman–Crippen MR) is 74.5 cm³/mol. The molecule has 1 aromatic carbocycles. The Morgan fingerprint density at radius 2 is 2.20 bits per heavy atom. The number of ether oxygens (including phenoxy) is 1. The van der Waals surface area contributed by atoms with E-state index in [9.17, 15) is 9.18 Å². The van der Waals surface area contributed by atoms with Gasteiger partial charge in [-0.1, -0.05) is 12.1 Å². The van der Waals surface area contributed by atoms with Crippen molar-refractivity contribution in [2.75, 3.05) is 19.8 Å². The predicted octanol–water partition coefficient (Wildman–Crippen LogP) is 1.76. The third-order valence-electron chi connectivity index (χ3n) is 4.02. The number of amides is 1. The van der Waals surface area contributed by atoms with Gasteiger partial charge in [-0.15, -0.1) is 0 Å². The van der Waals surface area contributed by atoms with Crippen LogP contribution in [0.25, 0.3) is 0 Å². The SMILES string of the molecule is C[C@H](NC(=O)C1(CN)CCOCC1)c1cccc(F)c1. The van der Waals surface area contributed by atoms with Gasteiger partial charge < -0.3 is 15.8 Å². The van der Waals surface area contributed by atoms with Crippen molar-refractivity contribution in [2.45, 2.75) is 25.8 Å². The van der Waals surface area contributed by atoms with Crippen LogP contribution in [-0.2, 0) is 9.53 Å². The highest BCUT2D eigenvalue weighted by Gasteiger charge is 2.39. The van der Waals surface area contributed by atoms with E-state index >= 15 is 0 Å². The Morgan fingerprint density at radius 1 is 1.50 bits per heavy atom. The summed E-state index contributed by atoms with van der Waals surface area (Å²) in [4.78, 5) is 12.5. The van der Waals surface area contributed by atoms with Crippen LogP contribution in [0, 0.1) is 11.2 Å². The van der Waals surface area contributed by atoms with Gasteiger partial charge in [-0.05, 0) is 37.5 Å². The number of nitrogens with one attached hydrogen (secondary N) is 1.